The van der Waals surface area contributed by atoms with Crippen LogP contribution >= 0.6 is 11.6 Å². The number of nitrogens with zero attached hydrogens (tertiary/aromatic N) is 3. The summed E-state index contributed by atoms with van der Waals surface area (Å²) in [4.78, 5) is 30.7. The van der Waals surface area contributed by atoms with Crippen molar-refractivity contribution in [2.24, 2.45) is 5.41 Å². The molecule has 2 saturated heterocycles. The summed E-state index contributed by atoms with van der Waals surface area (Å²) < 4.78 is 0. The van der Waals surface area contributed by atoms with Crippen LogP contribution in [0.1, 0.15) is 58.3 Å². The maximum absolute atomic E-state index is 13.5. The highest BCUT2D eigenvalue weighted by Gasteiger charge is 2.50. The summed E-state index contributed by atoms with van der Waals surface area (Å²) in [5.41, 5.74) is 1.07. The first-order valence-corrected chi connectivity index (χ1v) is 12.3. The van der Waals surface area contributed by atoms with Gasteiger partial charge in [-0.25, -0.2) is 4.79 Å². The third-order valence-corrected chi connectivity index (χ3v) is 7.79. The molecule has 1 atom stereocenters. The van der Waals surface area contributed by atoms with Crippen LogP contribution < -0.4 is 9.80 Å². The van der Waals surface area contributed by atoms with E-state index in [1.807, 2.05) is 19.1 Å². The van der Waals surface area contributed by atoms with Crippen molar-refractivity contribution in [3.63, 3.8) is 0 Å². The van der Waals surface area contributed by atoms with Gasteiger partial charge in [0.1, 0.15) is 0 Å². The number of aliphatic hydroxyl groups is 1. The zero-order valence-electron chi connectivity index (χ0n) is 18.8. The van der Waals surface area contributed by atoms with Crippen molar-refractivity contribution in [2.75, 3.05) is 36.0 Å². The number of anilines is 2. The van der Waals surface area contributed by atoms with Gasteiger partial charge in [0.15, 0.2) is 0 Å². The van der Waals surface area contributed by atoms with Gasteiger partial charge in [0.25, 0.3) is 0 Å². The average molecular weight is 464 g/mol. The van der Waals surface area contributed by atoms with Crippen LogP contribution in [-0.4, -0.2) is 65.4 Å². The highest BCUT2D eigenvalue weighted by molar-refractivity contribution is 6.33. The van der Waals surface area contributed by atoms with Gasteiger partial charge in [-0.1, -0.05) is 18.5 Å². The Morgan fingerprint density at radius 3 is 2.62 bits per heavy atom. The van der Waals surface area contributed by atoms with Gasteiger partial charge in [-0.3, -0.25) is 9.69 Å². The summed E-state index contributed by atoms with van der Waals surface area (Å²) in [6, 6.07) is 5.67. The second-order valence-electron chi connectivity index (χ2n) is 9.59. The second-order valence-corrected chi connectivity index (χ2v) is 9.99. The van der Waals surface area contributed by atoms with E-state index in [1.54, 1.807) is 6.07 Å². The molecule has 2 heterocycles. The van der Waals surface area contributed by atoms with Crippen molar-refractivity contribution >= 4 is 35.0 Å². The number of hydrogen-bond donors (Lipinski definition) is 2. The molecule has 3 fully saturated rings. The van der Waals surface area contributed by atoms with E-state index in [2.05, 4.69) is 9.80 Å². The smallest absolute Gasteiger partial charge is 0.411 e. The third kappa shape index (κ3) is 4.42. The van der Waals surface area contributed by atoms with Crippen molar-refractivity contribution in [1.82, 2.24) is 4.90 Å². The molecule has 1 saturated carbocycles. The fraction of sp³-hybridized carbons (Fsp3) is 0.667. The summed E-state index contributed by atoms with van der Waals surface area (Å²) >= 11 is 6.63. The lowest BCUT2D eigenvalue weighted by atomic mass is 9.78. The molecule has 0 radical (unpaired) electrons. The average Bonchev–Trinajstić information content (AvgIpc) is 3.07. The number of benzene rings is 1. The van der Waals surface area contributed by atoms with Gasteiger partial charge in [-0.05, 0) is 69.6 Å². The monoisotopic (exact) mass is 463 g/mol. The Bertz CT molecular complexity index is 858. The first kappa shape index (κ1) is 23.2. The molecule has 1 aromatic carbocycles. The lowest BCUT2D eigenvalue weighted by Crippen LogP contribution is -2.50. The fourth-order valence-corrected chi connectivity index (χ4v) is 6.06. The van der Waals surface area contributed by atoms with Crippen molar-refractivity contribution in [3.05, 3.63) is 23.2 Å². The molecule has 2 amide bonds. The van der Waals surface area contributed by atoms with Crippen LogP contribution in [0.5, 0.6) is 0 Å². The van der Waals surface area contributed by atoms with Crippen LogP contribution in [0.15, 0.2) is 18.2 Å². The van der Waals surface area contributed by atoms with Gasteiger partial charge in [-0.15, -0.1) is 0 Å². The van der Waals surface area contributed by atoms with E-state index in [0.717, 1.165) is 70.1 Å². The summed E-state index contributed by atoms with van der Waals surface area (Å²) in [7, 11) is 0. The number of hydrogen-bond acceptors (Lipinski definition) is 4. The molecule has 1 spiro atoms. The molecule has 1 aromatic rings. The Kier molecular flexibility index (Phi) is 6.86. The van der Waals surface area contributed by atoms with E-state index >= 15 is 0 Å². The molecule has 2 N–H and O–H groups in total. The van der Waals surface area contributed by atoms with Gasteiger partial charge in [0, 0.05) is 37.9 Å². The van der Waals surface area contributed by atoms with E-state index in [4.69, 9.17) is 11.6 Å². The molecule has 32 heavy (non-hydrogen) atoms. The summed E-state index contributed by atoms with van der Waals surface area (Å²) in [6.07, 6.45) is 5.53. The predicted molar refractivity (Wildman–Crippen MR) is 126 cm³/mol. The quantitative estimate of drug-likeness (QED) is 0.677. The van der Waals surface area contributed by atoms with Crippen LogP contribution in [0.25, 0.3) is 0 Å². The second kappa shape index (κ2) is 9.48. The minimum absolute atomic E-state index is 0.220. The number of carbonyl (C=O) groups is 2. The Labute approximate surface area is 194 Å². The largest absolute Gasteiger partial charge is 0.465 e. The number of carboxylic acid groups (broad SMARTS) is 1. The Morgan fingerprint density at radius 2 is 1.97 bits per heavy atom. The van der Waals surface area contributed by atoms with Crippen molar-refractivity contribution in [1.29, 1.82) is 0 Å². The van der Waals surface area contributed by atoms with E-state index < -0.39 is 6.09 Å². The zero-order valence-corrected chi connectivity index (χ0v) is 19.6. The maximum atomic E-state index is 13.5. The molecule has 8 heteroatoms. The summed E-state index contributed by atoms with van der Waals surface area (Å²) in [6.45, 7) is 4.64. The Balaban J connectivity index is 1.49. The molecular formula is C24H34ClN3O4. The third-order valence-electron chi connectivity index (χ3n) is 7.49. The minimum atomic E-state index is -0.987. The van der Waals surface area contributed by atoms with Gasteiger partial charge in [0.05, 0.1) is 22.2 Å². The van der Waals surface area contributed by atoms with Crippen LogP contribution in [-0.2, 0) is 4.79 Å². The topological polar surface area (TPSA) is 84.3 Å². The standard InChI is InChI=1S/C24H34ClN3O4/c1-2-12-28(23(31)32)18-6-9-21(20(25)15-18)26-13-3-10-24(16-26)11-14-27(22(24)30)17-4-7-19(29)8-5-17/h6,9,15,17,19,29H,2-5,7-8,10-14,16H2,1H3,(H,31,32)/t17?,19?,24-/m0/s1. The molecule has 2 aliphatic heterocycles. The number of aliphatic hydroxyl groups excluding tert-OH is 1. The molecule has 0 bridgehead atoms. The molecule has 4 rings (SSSR count). The van der Waals surface area contributed by atoms with E-state index in [-0.39, 0.29) is 23.5 Å². The lowest BCUT2D eigenvalue weighted by Gasteiger charge is -2.41. The molecule has 0 aromatic heterocycles. The van der Waals surface area contributed by atoms with Crippen molar-refractivity contribution in [3.8, 4) is 0 Å². The molecular weight excluding hydrogens is 430 g/mol. The molecule has 3 aliphatic rings. The Morgan fingerprint density at radius 1 is 1.22 bits per heavy atom. The molecule has 7 nitrogen and oxygen atoms in total. The van der Waals surface area contributed by atoms with E-state index in [0.29, 0.717) is 23.8 Å². The van der Waals surface area contributed by atoms with Crippen molar-refractivity contribution in [2.45, 2.75) is 70.4 Å². The zero-order chi connectivity index (χ0) is 22.9. The number of amides is 2. The summed E-state index contributed by atoms with van der Waals surface area (Å²) in [5, 5.41) is 19.8. The van der Waals surface area contributed by atoms with Crippen LogP contribution in [0.4, 0.5) is 16.2 Å². The highest BCUT2D eigenvalue weighted by atomic mass is 35.5. The number of likely N-dealkylation sites (tertiary alicyclic amines) is 1. The van der Waals surface area contributed by atoms with E-state index in [1.165, 1.54) is 4.90 Å². The number of rotatable bonds is 5. The van der Waals surface area contributed by atoms with Gasteiger partial charge in [-0.2, -0.15) is 0 Å². The normalized spacial score (nSPS) is 28.4. The van der Waals surface area contributed by atoms with Gasteiger partial charge in [0.2, 0.25) is 5.91 Å². The predicted octanol–water partition coefficient (Wildman–Crippen LogP) is 4.36. The maximum Gasteiger partial charge on any atom is 0.411 e. The highest BCUT2D eigenvalue weighted by Crippen LogP contribution is 2.44. The fourth-order valence-electron chi connectivity index (χ4n) is 5.76. The lowest BCUT2D eigenvalue weighted by molar-refractivity contribution is -0.139. The first-order valence-electron chi connectivity index (χ1n) is 11.9. The molecule has 176 valence electrons. The van der Waals surface area contributed by atoms with Crippen LogP contribution in [0.3, 0.4) is 0 Å². The van der Waals surface area contributed by atoms with Crippen LogP contribution in [0.2, 0.25) is 5.02 Å². The molecule has 1 aliphatic carbocycles. The van der Waals surface area contributed by atoms with Gasteiger partial charge < -0.3 is 20.0 Å². The minimum Gasteiger partial charge on any atom is -0.465 e. The number of piperidine rings is 1. The van der Waals surface area contributed by atoms with Crippen molar-refractivity contribution < 1.29 is 19.8 Å². The SMILES string of the molecule is CCCN(C(=O)O)c1ccc(N2CCC[C@]3(CCN(C4CCC(O)CC4)C3=O)C2)c(Cl)c1. The van der Waals surface area contributed by atoms with E-state index in [9.17, 15) is 19.8 Å². The number of halogens is 1. The van der Waals surface area contributed by atoms with Crippen LogP contribution in [0, 0.1) is 5.41 Å². The van der Waals surface area contributed by atoms with Gasteiger partial charge >= 0.3 is 6.09 Å². The molecule has 0 unspecified atom stereocenters. The number of carbonyl (C=O) groups excluding carboxylic acids is 1. The first-order chi connectivity index (χ1) is 15.3. The summed E-state index contributed by atoms with van der Waals surface area (Å²) in [5.74, 6) is 0.260. The Hall–Kier alpha value is -1.99.